The zero-order chi connectivity index (χ0) is 19.9. The van der Waals surface area contributed by atoms with Crippen molar-refractivity contribution in [2.45, 2.75) is 12.0 Å². The van der Waals surface area contributed by atoms with E-state index in [0.29, 0.717) is 6.61 Å². The third-order valence-electron chi connectivity index (χ3n) is 4.65. The fourth-order valence-corrected chi connectivity index (χ4v) is 3.30. The molecular weight excluding hydrogens is 362 g/mol. The first-order chi connectivity index (χ1) is 13.6. The molecule has 2 aromatic carbocycles. The van der Waals surface area contributed by atoms with Crippen LogP contribution in [-0.4, -0.2) is 56.7 Å². The normalized spacial score (nSPS) is 13.5. The van der Waals surface area contributed by atoms with Gasteiger partial charge in [0.2, 0.25) is 0 Å². The summed E-state index contributed by atoms with van der Waals surface area (Å²) in [7, 11) is 1.52. The molecule has 1 aliphatic carbocycles. The van der Waals surface area contributed by atoms with Gasteiger partial charge in [-0.25, -0.2) is 9.59 Å². The number of alkyl carbamates (subject to hydrolysis) is 1. The molecule has 0 fully saturated rings. The van der Waals surface area contributed by atoms with Crippen LogP contribution in [0.5, 0.6) is 0 Å². The number of ether oxygens (including phenoxy) is 3. The summed E-state index contributed by atoms with van der Waals surface area (Å²) >= 11 is 0. The van der Waals surface area contributed by atoms with Crippen LogP contribution in [0.1, 0.15) is 17.0 Å². The minimum atomic E-state index is -1.19. The number of carboxylic acids is 1. The number of carboxylic acid groups (broad SMARTS) is 1. The van der Waals surface area contributed by atoms with Crippen LogP contribution in [-0.2, 0) is 19.0 Å². The molecule has 0 aromatic heterocycles. The second-order valence-electron chi connectivity index (χ2n) is 6.43. The summed E-state index contributed by atoms with van der Waals surface area (Å²) in [5, 5.41) is 11.6. The quantitative estimate of drug-likeness (QED) is 0.645. The molecule has 2 N–H and O–H groups in total. The number of rotatable bonds is 9. The number of aliphatic carboxylic acids is 1. The van der Waals surface area contributed by atoms with Crippen molar-refractivity contribution in [3.05, 3.63) is 59.7 Å². The zero-order valence-corrected chi connectivity index (χ0v) is 15.6. The molecule has 0 spiro atoms. The molecule has 0 radical (unpaired) electrons. The molecule has 0 unspecified atom stereocenters. The van der Waals surface area contributed by atoms with Crippen LogP contribution in [0.3, 0.4) is 0 Å². The molecule has 148 valence electrons. The average Bonchev–Trinajstić information content (AvgIpc) is 3.02. The predicted octanol–water partition coefficient (Wildman–Crippen LogP) is 2.64. The SMILES string of the molecule is COCCOC[C@H](NC(=O)OCC1c2ccccc2-c2ccccc21)C(=O)O. The Kier molecular flexibility index (Phi) is 6.62. The number of benzene rings is 2. The highest BCUT2D eigenvalue weighted by atomic mass is 16.6. The largest absolute Gasteiger partial charge is 0.480 e. The van der Waals surface area contributed by atoms with Crippen LogP contribution in [0.4, 0.5) is 4.79 Å². The lowest BCUT2D eigenvalue weighted by Gasteiger charge is -2.17. The van der Waals surface area contributed by atoms with Crippen LogP contribution in [0.15, 0.2) is 48.5 Å². The highest BCUT2D eigenvalue weighted by molar-refractivity contribution is 5.81. The molecule has 0 aliphatic heterocycles. The summed E-state index contributed by atoms with van der Waals surface area (Å²) < 4.78 is 15.4. The van der Waals surface area contributed by atoms with E-state index in [-0.39, 0.29) is 25.7 Å². The van der Waals surface area contributed by atoms with Crippen LogP contribution in [0, 0.1) is 0 Å². The number of amides is 1. The van der Waals surface area contributed by atoms with E-state index in [0.717, 1.165) is 22.3 Å². The zero-order valence-electron chi connectivity index (χ0n) is 15.6. The highest BCUT2D eigenvalue weighted by Gasteiger charge is 2.29. The Bertz CT molecular complexity index is 792. The maximum atomic E-state index is 12.2. The van der Waals surface area contributed by atoms with Crippen LogP contribution in [0.25, 0.3) is 11.1 Å². The van der Waals surface area contributed by atoms with E-state index in [1.807, 2.05) is 48.5 Å². The topological polar surface area (TPSA) is 94.1 Å². The van der Waals surface area contributed by atoms with Crippen molar-refractivity contribution in [1.82, 2.24) is 5.32 Å². The smallest absolute Gasteiger partial charge is 0.407 e. The number of fused-ring (bicyclic) bond motifs is 3. The maximum absolute atomic E-state index is 12.2. The predicted molar refractivity (Wildman–Crippen MR) is 102 cm³/mol. The van der Waals surface area contributed by atoms with Gasteiger partial charge in [-0.2, -0.15) is 0 Å². The number of hydrogen-bond donors (Lipinski definition) is 2. The third-order valence-corrected chi connectivity index (χ3v) is 4.65. The Hall–Kier alpha value is -2.90. The van der Waals surface area contributed by atoms with Crippen LogP contribution >= 0.6 is 0 Å². The molecule has 0 saturated carbocycles. The summed E-state index contributed by atoms with van der Waals surface area (Å²) in [6.45, 7) is 0.545. The monoisotopic (exact) mass is 385 g/mol. The Morgan fingerprint density at radius 3 is 2.21 bits per heavy atom. The van der Waals surface area contributed by atoms with Gasteiger partial charge < -0.3 is 24.6 Å². The van der Waals surface area contributed by atoms with Gasteiger partial charge in [0.15, 0.2) is 6.04 Å². The molecule has 1 amide bonds. The van der Waals surface area contributed by atoms with Crippen molar-refractivity contribution in [1.29, 1.82) is 0 Å². The lowest BCUT2D eigenvalue weighted by molar-refractivity contribution is -0.141. The lowest BCUT2D eigenvalue weighted by Crippen LogP contribution is -2.44. The number of nitrogens with one attached hydrogen (secondary N) is 1. The molecule has 0 bridgehead atoms. The minimum absolute atomic E-state index is 0.0839. The number of methoxy groups -OCH3 is 1. The lowest BCUT2D eigenvalue weighted by atomic mass is 9.98. The van der Waals surface area contributed by atoms with Crippen molar-refractivity contribution in [3.63, 3.8) is 0 Å². The molecule has 1 aliphatic rings. The molecule has 2 aromatic rings. The highest BCUT2D eigenvalue weighted by Crippen LogP contribution is 2.44. The van der Waals surface area contributed by atoms with Crippen molar-refractivity contribution >= 4 is 12.1 Å². The van der Waals surface area contributed by atoms with E-state index in [2.05, 4.69) is 5.32 Å². The molecule has 3 rings (SSSR count). The van der Waals surface area contributed by atoms with Crippen molar-refractivity contribution < 1.29 is 28.9 Å². The van der Waals surface area contributed by atoms with Crippen LogP contribution < -0.4 is 5.32 Å². The van der Waals surface area contributed by atoms with Gasteiger partial charge >= 0.3 is 12.1 Å². The van der Waals surface area contributed by atoms with E-state index in [4.69, 9.17) is 14.2 Å². The van der Waals surface area contributed by atoms with E-state index >= 15 is 0 Å². The first kappa shape index (κ1) is 19.9. The Labute approximate surface area is 163 Å². The summed E-state index contributed by atoms with van der Waals surface area (Å²) in [5.41, 5.74) is 4.44. The molecule has 0 heterocycles. The first-order valence-corrected chi connectivity index (χ1v) is 9.02. The number of hydrogen-bond acceptors (Lipinski definition) is 5. The average molecular weight is 385 g/mol. The van der Waals surface area contributed by atoms with E-state index in [1.54, 1.807) is 0 Å². The van der Waals surface area contributed by atoms with Gasteiger partial charge in [0, 0.05) is 13.0 Å². The molecule has 1 atom stereocenters. The van der Waals surface area contributed by atoms with Gasteiger partial charge in [-0.05, 0) is 22.3 Å². The van der Waals surface area contributed by atoms with Crippen molar-refractivity contribution in [3.8, 4) is 11.1 Å². The molecular formula is C21H23NO6. The Morgan fingerprint density at radius 1 is 1.04 bits per heavy atom. The standard InChI is InChI=1S/C21H23NO6/c1-26-10-11-27-13-19(20(23)24)22-21(25)28-12-18-16-8-4-2-6-14(16)15-7-3-5-9-17(15)18/h2-9,18-19H,10-13H2,1H3,(H,22,25)(H,23,24)/t19-/m0/s1. The second-order valence-corrected chi connectivity index (χ2v) is 6.43. The van der Waals surface area contributed by atoms with Crippen LogP contribution in [0.2, 0.25) is 0 Å². The number of carbonyl (C=O) groups excluding carboxylic acids is 1. The molecule has 7 heteroatoms. The van der Waals surface area contributed by atoms with Gasteiger partial charge in [0.25, 0.3) is 0 Å². The summed E-state index contributed by atoms with van der Waals surface area (Å²) in [5.74, 6) is -1.27. The summed E-state index contributed by atoms with van der Waals surface area (Å²) in [6.07, 6.45) is -0.787. The maximum Gasteiger partial charge on any atom is 0.407 e. The van der Waals surface area contributed by atoms with E-state index in [9.17, 15) is 14.7 Å². The van der Waals surface area contributed by atoms with Crippen molar-refractivity contribution in [2.75, 3.05) is 33.5 Å². The Balaban J connectivity index is 1.60. The first-order valence-electron chi connectivity index (χ1n) is 9.02. The van der Waals surface area contributed by atoms with E-state index in [1.165, 1.54) is 7.11 Å². The molecule has 28 heavy (non-hydrogen) atoms. The van der Waals surface area contributed by atoms with Crippen molar-refractivity contribution in [2.24, 2.45) is 0 Å². The third kappa shape index (κ3) is 4.49. The number of carbonyl (C=O) groups is 2. The minimum Gasteiger partial charge on any atom is -0.480 e. The van der Waals surface area contributed by atoms with Gasteiger partial charge in [-0.15, -0.1) is 0 Å². The molecule has 7 nitrogen and oxygen atoms in total. The van der Waals surface area contributed by atoms with Gasteiger partial charge in [0.1, 0.15) is 6.61 Å². The van der Waals surface area contributed by atoms with Gasteiger partial charge in [-0.1, -0.05) is 48.5 Å². The second kappa shape index (κ2) is 9.34. The fourth-order valence-electron chi connectivity index (χ4n) is 3.30. The summed E-state index contributed by atoms with van der Waals surface area (Å²) in [6, 6.07) is 14.8. The van der Waals surface area contributed by atoms with Gasteiger partial charge in [0.05, 0.1) is 19.8 Å². The summed E-state index contributed by atoms with van der Waals surface area (Å²) in [4.78, 5) is 23.5. The van der Waals surface area contributed by atoms with E-state index < -0.39 is 18.1 Å². The molecule has 0 saturated heterocycles. The van der Waals surface area contributed by atoms with Gasteiger partial charge in [-0.3, -0.25) is 0 Å². The Morgan fingerprint density at radius 2 is 1.64 bits per heavy atom. The fraction of sp³-hybridized carbons (Fsp3) is 0.333.